The fourth-order valence-electron chi connectivity index (χ4n) is 1.04. The lowest BCUT2D eigenvalue weighted by Gasteiger charge is -2.08. The van der Waals surface area contributed by atoms with Gasteiger partial charge < -0.3 is 5.32 Å². The third-order valence-electron chi connectivity index (χ3n) is 2.30. The molecular formula is C8H17NO2S. The molecule has 12 heavy (non-hydrogen) atoms. The molecule has 3 nitrogen and oxygen atoms in total. The van der Waals surface area contributed by atoms with E-state index in [4.69, 9.17) is 0 Å². The minimum absolute atomic E-state index is 0.253. The molecule has 1 N–H and O–H groups in total. The van der Waals surface area contributed by atoms with Gasteiger partial charge in [-0.05, 0) is 18.3 Å². The molecule has 72 valence electrons. The highest BCUT2D eigenvalue weighted by molar-refractivity contribution is 7.90. The van der Waals surface area contributed by atoms with E-state index in [1.165, 1.54) is 19.1 Å². The van der Waals surface area contributed by atoms with Gasteiger partial charge in [0.25, 0.3) is 0 Å². The molecule has 1 saturated carbocycles. The van der Waals surface area contributed by atoms with Gasteiger partial charge >= 0.3 is 0 Å². The zero-order valence-electron chi connectivity index (χ0n) is 7.76. The quantitative estimate of drug-likeness (QED) is 0.641. The smallest absolute Gasteiger partial charge is 0.148 e. The average Bonchev–Trinajstić information content (AvgIpc) is 2.60. The zero-order valence-corrected chi connectivity index (χ0v) is 8.58. The van der Waals surface area contributed by atoms with E-state index in [9.17, 15) is 8.42 Å². The van der Waals surface area contributed by atoms with Gasteiger partial charge in [-0.2, -0.15) is 0 Å². The summed E-state index contributed by atoms with van der Waals surface area (Å²) in [5, 5.41) is 3.17. The predicted molar refractivity (Wildman–Crippen MR) is 49.9 cm³/mol. The van der Waals surface area contributed by atoms with Gasteiger partial charge in [-0.15, -0.1) is 0 Å². The van der Waals surface area contributed by atoms with Crippen molar-refractivity contribution in [2.24, 2.45) is 5.41 Å². The van der Waals surface area contributed by atoms with Crippen LogP contribution in [-0.2, 0) is 9.84 Å². The number of hydrogen-bond donors (Lipinski definition) is 1. The minimum Gasteiger partial charge on any atom is -0.315 e. The highest BCUT2D eigenvalue weighted by atomic mass is 32.2. The minimum atomic E-state index is -2.78. The van der Waals surface area contributed by atoms with Crippen LogP contribution < -0.4 is 5.32 Å². The van der Waals surface area contributed by atoms with E-state index in [1.54, 1.807) is 0 Å². The zero-order chi connectivity index (χ0) is 9.24. The molecule has 4 heteroatoms. The van der Waals surface area contributed by atoms with Crippen LogP contribution in [0.4, 0.5) is 0 Å². The standard InChI is InChI=1S/C8H17NO2S/c1-8(3-4-8)7-9-5-6-12(2,10)11/h9H,3-7H2,1-2H3. The van der Waals surface area contributed by atoms with E-state index < -0.39 is 9.84 Å². The van der Waals surface area contributed by atoms with Crippen LogP contribution in [0.25, 0.3) is 0 Å². The molecule has 0 radical (unpaired) electrons. The molecule has 1 aliphatic rings. The van der Waals surface area contributed by atoms with Crippen LogP contribution in [0.1, 0.15) is 19.8 Å². The Morgan fingerprint density at radius 1 is 1.42 bits per heavy atom. The van der Waals surface area contributed by atoms with Crippen molar-refractivity contribution in [1.82, 2.24) is 5.32 Å². The van der Waals surface area contributed by atoms with Gasteiger partial charge in [-0.1, -0.05) is 6.92 Å². The van der Waals surface area contributed by atoms with Crippen LogP contribution in [0, 0.1) is 5.41 Å². The maximum Gasteiger partial charge on any atom is 0.148 e. The van der Waals surface area contributed by atoms with Gasteiger partial charge in [0.15, 0.2) is 0 Å². The second-order valence-corrected chi connectivity index (χ2v) is 6.38. The Balaban J connectivity index is 2.04. The molecule has 0 spiro atoms. The largest absolute Gasteiger partial charge is 0.315 e. The second-order valence-electron chi connectivity index (χ2n) is 4.12. The number of rotatable bonds is 5. The summed E-state index contributed by atoms with van der Waals surface area (Å²) in [5.41, 5.74) is 0.470. The molecule has 0 aromatic heterocycles. The van der Waals surface area contributed by atoms with Crippen LogP contribution in [0.5, 0.6) is 0 Å². The molecule has 0 amide bonds. The molecule has 0 aromatic rings. The van der Waals surface area contributed by atoms with Crippen LogP contribution in [0.15, 0.2) is 0 Å². The van der Waals surface area contributed by atoms with E-state index in [2.05, 4.69) is 12.2 Å². The van der Waals surface area contributed by atoms with E-state index >= 15 is 0 Å². The van der Waals surface area contributed by atoms with Crippen molar-refractivity contribution in [2.75, 3.05) is 25.1 Å². The summed E-state index contributed by atoms with van der Waals surface area (Å²) in [6, 6.07) is 0. The summed E-state index contributed by atoms with van der Waals surface area (Å²) in [6.45, 7) is 3.78. The van der Waals surface area contributed by atoms with E-state index in [1.807, 2.05) is 0 Å². The molecule has 0 heterocycles. The van der Waals surface area contributed by atoms with Gasteiger partial charge in [0.2, 0.25) is 0 Å². The fourth-order valence-corrected chi connectivity index (χ4v) is 1.55. The summed E-state index contributed by atoms with van der Waals surface area (Å²) in [7, 11) is -2.78. The molecular weight excluding hydrogens is 174 g/mol. The van der Waals surface area contributed by atoms with Gasteiger partial charge in [0.1, 0.15) is 9.84 Å². The lowest BCUT2D eigenvalue weighted by molar-refractivity contribution is 0.508. The average molecular weight is 191 g/mol. The maximum absolute atomic E-state index is 10.7. The second kappa shape index (κ2) is 3.34. The summed E-state index contributed by atoms with van der Waals surface area (Å²) in [4.78, 5) is 0. The van der Waals surface area contributed by atoms with Gasteiger partial charge in [-0.3, -0.25) is 0 Å². The van der Waals surface area contributed by atoms with Gasteiger partial charge in [-0.25, -0.2) is 8.42 Å². The van der Waals surface area contributed by atoms with Crippen LogP contribution in [-0.4, -0.2) is 33.5 Å². The Kier molecular flexibility index (Phi) is 2.78. The third-order valence-corrected chi connectivity index (χ3v) is 3.25. The molecule has 0 unspecified atom stereocenters. The number of nitrogens with one attached hydrogen (secondary N) is 1. The number of sulfone groups is 1. The van der Waals surface area contributed by atoms with Crippen molar-refractivity contribution in [1.29, 1.82) is 0 Å². The first-order chi connectivity index (χ1) is 5.41. The van der Waals surface area contributed by atoms with E-state index in [0.717, 1.165) is 6.54 Å². The van der Waals surface area contributed by atoms with Crippen molar-refractivity contribution < 1.29 is 8.42 Å². The van der Waals surface area contributed by atoms with Crippen molar-refractivity contribution in [3.8, 4) is 0 Å². The first-order valence-corrected chi connectivity index (χ1v) is 6.36. The molecule has 0 aromatic carbocycles. The van der Waals surface area contributed by atoms with Crippen molar-refractivity contribution in [3.63, 3.8) is 0 Å². The predicted octanol–water partition coefficient (Wildman–Crippen LogP) is 0.421. The topological polar surface area (TPSA) is 46.2 Å². The summed E-state index contributed by atoms with van der Waals surface area (Å²) in [5.74, 6) is 0.253. The molecule has 1 aliphatic carbocycles. The monoisotopic (exact) mass is 191 g/mol. The first kappa shape index (κ1) is 9.99. The lowest BCUT2D eigenvalue weighted by Crippen LogP contribution is -2.27. The van der Waals surface area contributed by atoms with Crippen molar-refractivity contribution in [3.05, 3.63) is 0 Å². The molecule has 1 fully saturated rings. The Hall–Kier alpha value is -0.0900. The Morgan fingerprint density at radius 3 is 2.42 bits per heavy atom. The number of hydrogen-bond acceptors (Lipinski definition) is 3. The molecule has 0 atom stereocenters. The van der Waals surface area contributed by atoms with Crippen molar-refractivity contribution >= 4 is 9.84 Å². The summed E-state index contributed by atoms with van der Waals surface area (Å²) in [6.07, 6.45) is 3.82. The fraction of sp³-hybridized carbons (Fsp3) is 1.00. The highest BCUT2D eigenvalue weighted by Gasteiger charge is 2.36. The normalized spacial score (nSPS) is 20.8. The Bertz CT molecular complexity index is 242. The molecule has 1 rings (SSSR count). The molecule has 0 bridgehead atoms. The highest BCUT2D eigenvalue weighted by Crippen LogP contribution is 2.43. The summed E-state index contributed by atoms with van der Waals surface area (Å²) < 4.78 is 21.5. The SMILES string of the molecule is CC1(CNCCS(C)(=O)=O)CC1. The first-order valence-electron chi connectivity index (χ1n) is 4.30. The Morgan fingerprint density at radius 2 is 2.00 bits per heavy atom. The molecule has 0 aliphatic heterocycles. The van der Waals surface area contributed by atoms with Crippen molar-refractivity contribution in [2.45, 2.75) is 19.8 Å². The van der Waals surface area contributed by atoms with E-state index in [-0.39, 0.29) is 5.75 Å². The third kappa shape index (κ3) is 4.07. The van der Waals surface area contributed by atoms with Crippen LogP contribution in [0.2, 0.25) is 0 Å². The maximum atomic E-state index is 10.7. The van der Waals surface area contributed by atoms with Crippen LogP contribution >= 0.6 is 0 Å². The summed E-state index contributed by atoms with van der Waals surface area (Å²) >= 11 is 0. The Labute approximate surface area is 74.5 Å². The van der Waals surface area contributed by atoms with Gasteiger partial charge in [0.05, 0.1) is 5.75 Å². The molecule has 0 saturated heterocycles. The van der Waals surface area contributed by atoms with Gasteiger partial charge in [0, 0.05) is 19.3 Å². The van der Waals surface area contributed by atoms with Crippen LogP contribution in [0.3, 0.4) is 0 Å². The van der Waals surface area contributed by atoms with E-state index in [0.29, 0.717) is 12.0 Å². The lowest BCUT2D eigenvalue weighted by atomic mass is 10.1.